The Morgan fingerprint density at radius 3 is 2.10 bits per heavy atom. The molecule has 49 heavy (non-hydrogen) atoms. The maximum absolute atomic E-state index is 13.1. The lowest BCUT2D eigenvalue weighted by molar-refractivity contribution is 0.102. The minimum Gasteiger partial charge on any atom is -0.505 e. The zero-order valence-electron chi connectivity index (χ0n) is 25.9. The van der Waals surface area contributed by atoms with Crippen LogP contribution < -0.4 is 10.1 Å². The highest BCUT2D eigenvalue weighted by Crippen LogP contribution is 2.46. The quantitative estimate of drug-likeness (QED) is 0.0861. The van der Waals surface area contributed by atoms with Crippen molar-refractivity contribution in [2.24, 2.45) is 10.2 Å². The molecule has 1 fully saturated rings. The Morgan fingerprint density at radius 1 is 0.755 bits per heavy atom. The molecule has 0 radical (unpaired) electrons. The van der Waals surface area contributed by atoms with Crippen LogP contribution in [0.4, 0.5) is 17.1 Å². The average molecular weight is 702 g/mol. The van der Waals surface area contributed by atoms with Crippen molar-refractivity contribution < 1.29 is 40.6 Å². The van der Waals surface area contributed by atoms with Crippen molar-refractivity contribution in [1.82, 2.24) is 0 Å². The summed E-state index contributed by atoms with van der Waals surface area (Å²) in [6.07, 6.45) is 5.54. The molecule has 14 heteroatoms. The third-order valence-corrected chi connectivity index (χ3v) is 9.99. The molecule has 5 aromatic carbocycles. The van der Waals surface area contributed by atoms with Gasteiger partial charge in [-0.1, -0.05) is 67.8 Å². The Hall–Kier alpha value is -5.15. The van der Waals surface area contributed by atoms with Crippen LogP contribution in [0.1, 0.15) is 53.9 Å². The highest BCUT2D eigenvalue weighted by Gasteiger charge is 2.26. The number of carbonyl (C=O) groups is 1. The minimum absolute atomic E-state index is 0.168. The molecule has 5 aromatic rings. The summed E-state index contributed by atoms with van der Waals surface area (Å²) in [4.78, 5) is 11.5. The zero-order chi connectivity index (χ0) is 34.8. The van der Waals surface area contributed by atoms with Gasteiger partial charge in [0.25, 0.3) is 26.1 Å². The number of hydrogen-bond acceptors (Lipinski definition) is 9. The monoisotopic (exact) mass is 701 g/mol. The van der Waals surface area contributed by atoms with Gasteiger partial charge in [0.1, 0.15) is 22.0 Å². The van der Waals surface area contributed by atoms with E-state index in [9.17, 15) is 35.8 Å². The maximum atomic E-state index is 13.1. The van der Waals surface area contributed by atoms with Crippen LogP contribution in [0.5, 0.6) is 17.2 Å². The lowest BCUT2D eigenvalue weighted by atomic mass is 9.84. The first-order chi connectivity index (χ1) is 23.4. The number of fused-ring (bicyclic) bond motifs is 1. The predicted octanol–water partition coefficient (Wildman–Crippen LogP) is 8.55. The van der Waals surface area contributed by atoms with Crippen LogP contribution in [-0.4, -0.2) is 37.0 Å². The van der Waals surface area contributed by atoms with Crippen molar-refractivity contribution >= 4 is 54.0 Å². The molecule has 0 atom stereocenters. The molecule has 1 saturated carbocycles. The van der Waals surface area contributed by atoms with Gasteiger partial charge >= 0.3 is 0 Å². The van der Waals surface area contributed by atoms with E-state index in [-0.39, 0.29) is 33.5 Å². The molecular weight excluding hydrogens is 671 g/mol. The largest absolute Gasteiger partial charge is 0.505 e. The van der Waals surface area contributed by atoms with Gasteiger partial charge in [0.2, 0.25) is 0 Å². The number of amides is 1. The summed E-state index contributed by atoms with van der Waals surface area (Å²) in [6, 6.07) is 24.8. The lowest BCUT2D eigenvalue weighted by Gasteiger charge is -2.24. The molecule has 0 unspecified atom stereocenters. The van der Waals surface area contributed by atoms with Crippen LogP contribution in [0.2, 0.25) is 0 Å². The third kappa shape index (κ3) is 7.47. The SMILES string of the molecule is O=C(Nc1cc(S(=O)(=O)O)cc2cc(S(=O)(=O)O)c(N=Nc3ccccc3Oc3ccccc3C3CCCCC3)c(O)c12)c1ccccc1. The number of nitrogens with zero attached hydrogens (tertiary/aromatic N) is 2. The van der Waals surface area contributed by atoms with Gasteiger partial charge in [0, 0.05) is 10.9 Å². The topological polar surface area (TPSA) is 192 Å². The third-order valence-electron chi connectivity index (χ3n) is 8.29. The van der Waals surface area contributed by atoms with Crippen molar-refractivity contribution in [3.63, 3.8) is 0 Å². The van der Waals surface area contributed by atoms with Crippen LogP contribution in [-0.2, 0) is 20.2 Å². The Labute approximate surface area is 282 Å². The number of ether oxygens (including phenoxy) is 1. The van der Waals surface area contributed by atoms with Gasteiger partial charge < -0.3 is 15.2 Å². The molecule has 0 heterocycles. The summed E-state index contributed by atoms with van der Waals surface area (Å²) < 4.78 is 75.6. The fourth-order valence-corrected chi connectivity index (χ4v) is 7.16. The summed E-state index contributed by atoms with van der Waals surface area (Å²) in [5.74, 6) is -0.284. The van der Waals surface area contributed by atoms with Crippen molar-refractivity contribution in [3.05, 3.63) is 108 Å². The molecule has 0 spiro atoms. The Kier molecular flexibility index (Phi) is 9.48. The van der Waals surface area contributed by atoms with E-state index in [0.717, 1.165) is 49.4 Å². The Morgan fingerprint density at radius 2 is 1.41 bits per heavy atom. The molecule has 0 saturated heterocycles. The van der Waals surface area contributed by atoms with E-state index < -0.39 is 47.4 Å². The number of aromatic hydroxyl groups is 1. The number of phenolic OH excluding ortho intramolecular Hbond substituents is 1. The summed E-state index contributed by atoms with van der Waals surface area (Å²) >= 11 is 0. The van der Waals surface area contributed by atoms with Gasteiger partial charge in [-0.2, -0.15) is 16.8 Å². The molecule has 6 rings (SSSR count). The highest BCUT2D eigenvalue weighted by molar-refractivity contribution is 7.86. The standard InChI is InChI=1S/C35H31N3O9S2/c39-34-32-24(19-25(48(41,42)43)21-28(32)36-35(40)23-13-5-2-6-14-23)20-31(49(44,45)46)33(34)38-37-27-16-8-10-18-30(27)47-29-17-9-7-15-26(29)22-11-3-1-4-12-22/h2,5-10,13-22,39H,1,3-4,11-12H2,(H,36,40)(H,41,42,43)(H,44,45,46). The fraction of sp³-hybridized carbons (Fsp3) is 0.171. The fourth-order valence-electron chi connectivity index (χ4n) is 5.96. The molecule has 1 aliphatic carbocycles. The number of para-hydroxylation sites is 2. The first-order valence-electron chi connectivity index (χ1n) is 15.3. The first-order valence-corrected chi connectivity index (χ1v) is 18.2. The number of phenols is 1. The molecule has 0 aliphatic heterocycles. The van der Waals surface area contributed by atoms with Crippen LogP contribution in [0.25, 0.3) is 10.8 Å². The van der Waals surface area contributed by atoms with E-state index in [1.807, 2.05) is 24.3 Å². The van der Waals surface area contributed by atoms with Crippen molar-refractivity contribution in [2.75, 3.05) is 5.32 Å². The summed E-state index contributed by atoms with van der Waals surface area (Å²) in [6.45, 7) is 0. The Bertz CT molecular complexity index is 2300. The van der Waals surface area contributed by atoms with Crippen LogP contribution in [0.15, 0.2) is 117 Å². The van der Waals surface area contributed by atoms with E-state index in [1.54, 1.807) is 42.5 Å². The number of anilines is 1. The van der Waals surface area contributed by atoms with Gasteiger partial charge in [0.05, 0.1) is 10.6 Å². The van der Waals surface area contributed by atoms with Crippen LogP contribution in [0, 0.1) is 0 Å². The summed E-state index contributed by atoms with van der Waals surface area (Å²) in [5.41, 5.74) is 0.425. The molecular formula is C35H31N3O9S2. The summed E-state index contributed by atoms with van der Waals surface area (Å²) in [5, 5.41) is 21.7. The number of benzene rings is 5. The normalized spacial score (nSPS) is 14.2. The zero-order valence-corrected chi connectivity index (χ0v) is 27.5. The van der Waals surface area contributed by atoms with Gasteiger partial charge in [0.15, 0.2) is 11.5 Å². The minimum atomic E-state index is -5.10. The van der Waals surface area contributed by atoms with E-state index in [2.05, 4.69) is 15.5 Å². The first kappa shape index (κ1) is 33.7. The van der Waals surface area contributed by atoms with Crippen LogP contribution in [0.3, 0.4) is 0 Å². The van der Waals surface area contributed by atoms with Crippen molar-refractivity contribution in [3.8, 4) is 17.2 Å². The molecule has 4 N–H and O–H groups in total. The number of azo groups is 1. The molecule has 12 nitrogen and oxygen atoms in total. The number of rotatable bonds is 9. The van der Waals surface area contributed by atoms with Crippen molar-refractivity contribution in [1.29, 1.82) is 0 Å². The Balaban J connectivity index is 1.46. The van der Waals surface area contributed by atoms with E-state index in [0.29, 0.717) is 11.7 Å². The second-order valence-electron chi connectivity index (χ2n) is 11.6. The predicted molar refractivity (Wildman–Crippen MR) is 183 cm³/mol. The van der Waals surface area contributed by atoms with Crippen LogP contribution >= 0.6 is 0 Å². The average Bonchev–Trinajstić information content (AvgIpc) is 3.08. The maximum Gasteiger partial charge on any atom is 0.296 e. The molecule has 1 amide bonds. The van der Waals surface area contributed by atoms with Crippen molar-refractivity contribution in [2.45, 2.75) is 47.8 Å². The summed E-state index contributed by atoms with van der Waals surface area (Å²) in [7, 11) is -9.98. The molecule has 1 aliphatic rings. The molecule has 0 bridgehead atoms. The molecule has 0 aromatic heterocycles. The smallest absolute Gasteiger partial charge is 0.296 e. The number of carbonyl (C=O) groups excluding carboxylic acids is 1. The van der Waals surface area contributed by atoms with E-state index in [4.69, 9.17) is 4.74 Å². The van der Waals surface area contributed by atoms with E-state index in [1.165, 1.54) is 18.6 Å². The van der Waals surface area contributed by atoms with Gasteiger partial charge in [-0.15, -0.1) is 10.2 Å². The molecule has 252 valence electrons. The van der Waals surface area contributed by atoms with Gasteiger partial charge in [-0.05, 0) is 78.2 Å². The second-order valence-corrected chi connectivity index (χ2v) is 14.4. The van der Waals surface area contributed by atoms with Gasteiger partial charge in [-0.25, -0.2) is 0 Å². The lowest BCUT2D eigenvalue weighted by Crippen LogP contribution is -2.13. The number of hydrogen-bond donors (Lipinski definition) is 4. The van der Waals surface area contributed by atoms with E-state index >= 15 is 0 Å². The second kappa shape index (κ2) is 13.8. The highest BCUT2D eigenvalue weighted by atomic mass is 32.2. The number of nitrogens with one attached hydrogen (secondary N) is 1. The van der Waals surface area contributed by atoms with Gasteiger partial charge in [-0.3, -0.25) is 13.9 Å².